The minimum absolute atomic E-state index is 0.186. The van der Waals surface area contributed by atoms with Crippen molar-refractivity contribution in [2.75, 3.05) is 13.7 Å². The number of nitrogens with one attached hydrogen (secondary N) is 1. The van der Waals surface area contributed by atoms with Crippen molar-refractivity contribution in [2.24, 2.45) is 5.92 Å². The largest absolute Gasteiger partial charge is 0.463 e. The van der Waals surface area contributed by atoms with E-state index in [0.29, 0.717) is 12.5 Å². The fourth-order valence-electron chi connectivity index (χ4n) is 1.57. The van der Waals surface area contributed by atoms with Crippen molar-refractivity contribution in [1.82, 2.24) is 5.32 Å². The highest BCUT2D eigenvalue weighted by Gasteiger charge is 2.12. The molecule has 0 unspecified atom stereocenters. The van der Waals surface area contributed by atoms with Crippen LogP contribution < -0.4 is 5.32 Å². The summed E-state index contributed by atoms with van der Waals surface area (Å²) in [5.74, 6) is 0.419. The Morgan fingerprint density at radius 3 is 2.38 bits per heavy atom. The first-order valence-electron chi connectivity index (χ1n) is 6.10. The van der Waals surface area contributed by atoms with Gasteiger partial charge in [0.2, 0.25) is 0 Å². The standard InChI is InChI=1S/C13H25NO2/c1-6-11(13(15)16-7-2)9-12(14-5)8-10(3)4/h9-10,12,14H,6-8H2,1-5H3/b11-9+/t12-/m0/s1. The molecule has 0 aliphatic heterocycles. The number of ether oxygens (including phenoxy) is 1. The summed E-state index contributed by atoms with van der Waals surface area (Å²) < 4.78 is 5.01. The van der Waals surface area contributed by atoms with Crippen LogP contribution >= 0.6 is 0 Å². The molecule has 0 saturated heterocycles. The highest BCUT2D eigenvalue weighted by atomic mass is 16.5. The van der Waals surface area contributed by atoms with Crippen molar-refractivity contribution in [2.45, 2.75) is 46.6 Å². The van der Waals surface area contributed by atoms with E-state index < -0.39 is 0 Å². The van der Waals surface area contributed by atoms with Crippen molar-refractivity contribution in [3.63, 3.8) is 0 Å². The molecule has 1 atom stereocenters. The summed E-state index contributed by atoms with van der Waals surface area (Å²) in [5, 5.41) is 3.21. The highest BCUT2D eigenvalue weighted by molar-refractivity contribution is 5.88. The van der Waals surface area contributed by atoms with E-state index in [0.717, 1.165) is 18.4 Å². The molecule has 0 saturated carbocycles. The van der Waals surface area contributed by atoms with Gasteiger partial charge in [-0.05, 0) is 32.7 Å². The Labute approximate surface area is 99.3 Å². The number of carbonyl (C=O) groups excluding carboxylic acids is 1. The summed E-state index contributed by atoms with van der Waals surface area (Å²) in [6.07, 6.45) is 3.74. The molecule has 0 bridgehead atoms. The molecule has 0 heterocycles. The molecule has 0 rings (SSSR count). The van der Waals surface area contributed by atoms with Gasteiger partial charge in [-0.2, -0.15) is 0 Å². The van der Waals surface area contributed by atoms with E-state index in [1.54, 1.807) is 0 Å². The van der Waals surface area contributed by atoms with Crippen LogP contribution in [0.25, 0.3) is 0 Å². The summed E-state index contributed by atoms with van der Waals surface area (Å²) in [7, 11) is 1.92. The predicted molar refractivity (Wildman–Crippen MR) is 67.3 cm³/mol. The van der Waals surface area contributed by atoms with Gasteiger partial charge in [0.25, 0.3) is 0 Å². The molecule has 16 heavy (non-hydrogen) atoms. The van der Waals surface area contributed by atoms with Crippen molar-refractivity contribution in [3.05, 3.63) is 11.6 Å². The quantitative estimate of drug-likeness (QED) is 0.536. The Kier molecular flexibility index (Phi) is 7.90. The Morgan fingerprint density at radius 1 is 1.38 bits per heavy atom. The molecule has 0 aromatic heterocycles. The number of hydrogen-bond acceptors (Lipinski definition) is 3. The Hall–Kier alpha value is -0.830. The van der Waals surface area contributed by atoms with Crippen molar-refractivity contribution >= 4 is 5.97 Å². The molecule has 0 aromatic rings. The van der Waals surface area contributed by atoms with E-state index in [4.69, 9.17) is 4.74 Å². The van der Waals surface area contributed by atoms with Gasteiger partial charge in [0.15, 0.2) is 0 Å². The third-order valence-electron chi connectivity index (χ3n) is 2.42. The number of carbonyl (C=O) groups is 1. The number of likely N-dealkylation sites (N-methyl/N-ethyl adjacent to an activating group) is 1. The number of hydrogen-bond donors (Lipinski definition) is 1. The van der Waals surface area contributed by atoms with Gasteiger partial charge in [-0.3, -0.25) is 0 Å². The first kappa shape index (κ1) is 15.2. The molecule has 0 spiro atoms. The minimum Gasteiger partial charge on any atom is -0.463 e. The van der Waals surface area contributed by atoms with Crippen molar-refractivity contribution in [1.29, 1.82) is 0 Å². The second kappa shape index (κ2) is 8.34. The maximum atomic E-state index is 11.6. The summed E-state index contributed by atoms with van der Waals surface area (Å²) in [5.41, 5.74) is 0.766. The highest BCUT2D eigenvalue weighted by Crippen LogP contribution is 2.11. The number of esters is 1. The molecule has 0 aromatic carbocycles. The normalized spacial score (nSPS) is 14.0. The molecule has 3 heteroatoms. The van der Waals surface area contributed by atoms with Crippen LogP contribution in [0.2, 0.25) is 0 Å². The lowest BCUT2D eigenvalue weighted by Gasteiger charge is -2.16. The van der Waals surface area contributed by atoms with Crippen LogP contribution in [0.5, 0.6) is 0 Å². The molecule has 94 valence electrons. The molecule has 1 N–H and O–H groups in total. The fourth-order valence-corrected chi connectivity index (χ4v) is 1.57. The maximum Gasteiger partial charge on any atom is 0.333 e. The molecule has 0 amide bonds. The average molecular weight is 227 g/mol. The van der Waals surface area contributed by atoms with E-state index in [1.807, 2.05) is 27.0 Å². The molecule has 0 aliphatic carbocycles. The van der Waals surface area contributed by atoms with Crippen LogP contribution in [0, 0.1) is 5.92 Å². The van der Waals surface area contributed by atoms with Crippen LogP contribution in [0.3, 0.4) is 0 Å². The third-order valence-corrected chi connectivity index (χ3v) is 2.42. The smallest absolute Gasteiger partial charge is 0.333 e. The molecular weight excluding hydrogens is 202 g/mol. The second-order valence-electron chi connectivity index (χ2n) is 4.29. The third kappa shape index (κ3) is 5.91. The summed E-state index contributed by atoms with van der Waals surface area (Å²) in [4.78, 5) is 11.6. The van der Waals surface area contributed by atoms with Gasteiger partial charge in [0, 0.05) is 11.6 Å². The molecule has 3 nitrogen and oxygen atoms in total. The van der Waals surface area contributed by atoms with Crippen LogP contribution in [0.4, 0.5) is 0 Å². The topological polar surface area (TPSA) is 38.3 Å². The lowest BCUT2D eigenvalue weighted by Crippen LogP contribution is -2.26. The predicted octanol–water partition coefficient (Wildman–Crippen LogP) is 2.52. The molecule has 0 fully saturated rings. The van der Waals surface area contributed by atoms with Crippen LogP contribution in [0.1, 0.15) is 40.5 Å². The Bertz CT molecular complexity index is 234. The average Bonchev–Trinajstić information content (AvgIpc) is 2.23. The van der Waals surface area contributed by atoms with Crippen LogP contribution in [0.15, 0.2) is 11.6 Å². The lowest BCUT2D eigenvalue weighted by molar-refractivity contribution is -0.138. The van der Waals surface area contributed by atoms with Gasteiger partial charge < -0.3 is 10.1 Å². The molecular formula is C13H25NO2. The van der Waals surface area contributed by atoms with E-state index in [1.165, 1.54) is 0 Å². The van der Waals surface area contributed by atoms with Gasteiger partial charge in [-0.25, -0.2) is 4.79 Å². The zero-order chi connectivity index (χ0) is 12.6. The van der Waals surface area contributed by atoms with Gasteiger partial charge in [-0.15, -0.1) is 0 Å². The molecule has 0 aliphatic rings. The minimum atomic E-state index is -0.186. The molecule has 0 radical (unpaired) electrons. The van der Waals surface area contributed by atoms with E-state index in [-0.39, 0.29) is 12.0 Å². The Balaban J connectivity index is 4.56. The van der Waals surface area contributed by atoms with Gasteiger partial charge in [0.05, 0.1) is 6.61 Å². The Morgan fingerprint density at radius 2 is 2.00 bits per heavy atom. The van der Waals surface area contributed by atoms with Crippen LogP contribution in [-0.2, 0) is 9.53 Å². The SMILES string of the molecule is CCOC(=O)/C(=C/[C@H](CC(C)C)NC)CC. The van der Waals surface area contributed by atoms with E-state index in [9.17, 15) is 4.79 Å². The van der Waals surface area contributed by atoms with E-state index in [2.05, 4.69) is 19.2 Å². The van der Waals surface area contributed by atoms with Crippen LogP contribution in [-0.4, -0.2) is 25.7 Å². The van der Waals surface area contributed by atoms with Gasteiger partial charge in [0.1, 0.15) is 0 Å². The first-order valence-corrected chi connectivity index (χ1v) is 6.10. The van der Waals surface area contributed by atoms with E-state index >= 15 is 0 Å². The second-order valence-corrected chi connectivity index (χ2v) is 4.29. The van der Waals surface area contributed by atoms with Gasteiger partial charge >= 0.3 is 5.97 Å². The fraction of sp³-hybridized carbons (Fsp3) is 0.769. The van der Waals surface area contributed by atoms with Crippen molar-refractivity contribution in [3.8, 4) is 0 Å². The zero-order valence-electron chi connectivity index (χ0n) is 11.2. The number of rotatable bonds is 7. The lowest BCUT2D eigenvalue weighted by atomic mass is 10.0. The summed E-state index contributed by atoms with van der Waals surface area (Å²) >= 11 is 0. The first-order chi connectivity index (χ1) is 7.54. The summed E-state index contributed by atoms with van der Waals surface area (Å²) in [6.45, 7) is 8.59. The monoisotopic (exact) mass is 227 g/mol. The zero-order valence-corrected chi connectivity index (χ0v) is 11.2. The van der Waals surface area contributed by atoms with Crippen molar-refractivity contribution < 1.29 is 9.53 Å². The maximum absolute atomic E-state index is 11.6. The van der Waals surface area contributed by atoms with Gasteiger partial charge in [-0.1, -0.05) is 26.8 Å². The summed E-state index contributed by atoms with van der Waals surface area (Å²) in [6, 6.07) is 0.249.